The third kappa shape index (κ3) is 3.38. The third-order valence-electron chi connectivity index (χ3n) is 3.15. The van der Waals surface area contributed by atoms with Crippen molar-refractivity contribution in [2.75, 3.05) is 31.3 Å². The van der Waals surface area contributed by atoms with Gasteiger partial charge in [0.1, 0.15) is 16.7 Å². The molecule has 9 heteroatoms. The van der Waals surface area contributed by atoms with Crippen LogP contribution in [0, 0.1) is 11.3 Å². The Bertz CT molecular complexity index is 694. The monoisotopic (exact) mass is 321 g/mol. The minimum Gasteiger partial charge on any atom is -0.467 e. The van der Waals surface area contributed by atoms with Gasteiger partial charge in [-0.15, -0.1) is 0 Å². The predicted molar refractivity (Wildman–Crippen MR) is 82.9 cm³/mol. The number of methoxy groups -OCH3 is 1. The number of nitrogens with one attached hydrogen (secondary N) is 1. The van der Waals surface area contributed by atoms with Crippen LogP contribution in [0.15, 0.2) is 6.20 Å². The summed E-state index contributed by atoms with van der Waals surface area (Å²) in [5, 5.41) is 16.1. The largest absolute Gasteiger partial charge is 0.467 e. The summed E-state index contributed by atoms with van der Waals surface area (Å²) in [5.74, 6) is 0.826. The van der Waals surface area contributed by atoms with Crippen molar-refractivity contribution in [1.82, 2.24) is 20.2 Å². The summed E-state index contributed by atoms with van der Waals surface area (Å²) in [6.45, 7) is 0.684. The van der Waals surface area contributed by atoms with Gasteiger partial charge in [0.25, 0.3) is 0 Å². The number of halogens is 1. The van der Waals surface area contributed by atoms with E-state index in [1.165, 1.54) is 13.3 Å². The van der Waals surface area contributed by atoms with Crippen molar-refractivity contribution in [2.24, 2.45) is 0 Å². The lowest BCUT2D eigenvalue weighted by atomic mass is 10.1. The Balaban J connectivity index is 1.98. The second kappa shape index (κ2) is 6.95. The number of aromatic amines is 1. The van der Waals surface area contributed by atoms with Crippen molar-refractivity contribution < 1.29 is 4.74 Å². The highest BCUT2D eigenvalue weighted by Gasteiger charge is 2.13. The molecule has 2 rings (SSSR count). The van der Waals surface area contributed by atoms with E-state index in [0.717, 1.165) is 12.1 Å². The van der Waals surface area contributed by atoms with Crippen molar-refractivity contribution in [3.05, 3.63) is 22.5 Å². The first-order valence-corrected chi connectivity index (χ1v) is 6.95. The van der Waals surface area contributed by atoms with Crippen LogP contribution in [0.3, 0.4) is 0 Å². The van der Waals surface area contributed by atoms with Crippen LogP contribution in [0.2, 0.25) is 5.02 Å². The number of aromatic nitrogens is 4. The Morgan fingerprint density at radius 2 is 2.32 bits per heavy atom. The molecule has 2 aromatic heterocycles. The SMILES string of the molecule is COc1ncc(Cl)c(N(C)CCCc2[nH]nc(N)c2C#N)n1. The minimum absolute atomic E-state index is 0.231. The predicted octanol–water partition coefficient (Wildman–Crippen LogP) is 1.38. The van der Waals surface area contributed by atoms with Gasteiger partial charge >= 0.3 is 6.01 Å². The summed E-state index contributed by atoms with van der Waals surface area (Å²) in [7, 11) is 3.37. The smallest absolute Gasteiger partial charge is 0.318 e. The molecule has 0 bridgehead atoms. The molecular weight excluding hydrogens is 306 g/mol. The number of hydrogen-bond donors (Lipinski definition) is 2. The second-order valence-corrected chi connectivity index (χ2v) is 5.03. The number of aryl methyl sites for hydroxylation is 1. The fourth-order valence-corrected chi connectivity index (χ4v) is 2.24. The lowest BCUT2D eigenvalue weighted by molar-refractivity contribution is 0.380. The van der Waals surface area contributed by atoms with Gasteiger partial charge in [-0.2, -0.15) is 15.3 Å². The van der Waals surface area contributed by atoms with Gasteiger partial charge in [0, 0.05) is 13.6 Å². The molecule has 2 heterocycles. The zero-order valence-corrected chi connectivity index (χ0v) is 13.1. The molecule has 22 heavy (non-hydrogen) atoms. The first-order chi connectivity index (χ1) is 10.6. The highest BCUT2D eigenvalue weighted by atomic mass is 35.5. The lowest BCUT2D eigenvalue weighted by Gasteiger charge is -2.19. The first kappa shape index (κ1) is 15.9. The first-order valence-electron chi connectivity index (χ1n) is 6.57. The van der Waals surface area contributed by atoms with Crippen molar-refractivity contribution in [1.29, 1.82) is 5.26 Å². The van der Waals surface area contributed by atoms with E-state index >= 15 is 0 Å². The molecule has 0 saturated heterocycles. The fourth-order valence-electron chi connectivity index (χ4n) is 2.01. The van der Waals surface area contributed by atoms with Gasteiger partial charge in [-0.1, -0.05) is 11.6 Å². The van der Waals surface area contributed by atoms with Gasteiger partial charge < -0.3 is 15.4 Å². The van der Waals surface area contributed by atoms with Crippen LogP contribution < -0.4 is 15.4 Å². The zero-order chi connectivity index (χ0) is 16.1. The van der Waals surface area contributed by atoms with E-state index in [-0.39, 0.29) is 11.8 Å². The Kier molecular flexibility index (Phi) is 5.01. The van der Waals surface area contributed by atoms with Gasteiger partial charge in [-0.05, 0) is 12.8 Å². The molecule has 2 aromatic rings. The van der Waals surface area contributed by atoms with E-state index in [1.807, 2.05) is 18.0 Å². The summed E-state index contributed by atoms with van der Waals surface area (Å²) < 4.78 is 5.00. The normalized spacial score (nSPS) is 10.3. The molecule has 0 aliphatic rings. The summed E-state index contributed by atoms with van der Waals surface area (Å²) in [4.78, 5) is 10.1. The molecule has 0 atom stereocenters. The van der Waals surface area contributed by atoms with Crippen molar-refractivity contribution >= 4 is 23.2 Å². The molecule has 0 aliphatic heterocycles. The van der Waals surface area contributed by atoms with E-state index in [1.54, 1.807) is 0 Å². The van der Waals surface area contributed by atoms with Crippen LogP contribution in [0.5, 0.6) is 6.01 Å². The van der Waals surface area contributed by atoms with Crippen LogP contribution in [-0.2, 0) is 6.42 Å². The van der Waals surface area contributed by atoms with Gasteiger partial charge in [0.05, 0.1) is 19.0 Å². The van der Waals surface area contributed by atoms with Crippen LogP contribution in [0.1, 0.15) is 17.7 Å². The molecule has 0 spiro atoms. The molecule has 0 aromatic carbocycles. The van der Waals surface area contributed by atoms with Gasteiger partial charge in [0.15, 0.2) is 11.6 Å². The Morgan fingerprint density at radius 3 is 3.00 bits per heavy atom. The summed E-state index contributed by atoms with van der Waals surface area (Å²) >= 11 is 6.10. The summed E-state index contributed by atoms with van der Waals surface area (Å²) in [6, 6.07) is 2.31. The average Bonchev–Trinajstić information content (AvgIpc) is 2.87. The van der Waals surface area contributed by atoms with Crippen molar-refractivity contribution in [2.45, 2.75) is 12.8 Å². The number of anilines is 2. The number of ether oxygens (including phenoxy) is 1. The molecule has 0 unspecified atom stereocenters. The number of H-pyrrole nitrogens is 1. The van der Waals surface area contributed by atoms with Crippen LogP contribution in [0.4, 0.5) is 11.6 Å². The summed E-state index contributed by atoms with van der Waals surface area (Å²) in [6.07, 6.45) is 2.93. The molecule has 0 saturated carbocycles. The van der Waals surface area contributed by atoms with E-state index in [0.29, 0.717) is 29.4 Å². The Labute approximate surface area is 132 Å². The summed E-state index contributed by atoms with van der Waals surface area (Å²) in [5.41, 5.74) is 6.75. The second-order valence-electron chi connectivity index (χ2n) is 4.63. The number of rotatable bonds is 6. The molecule has 0 fully saturated rings. The minimum atomic E-state index is 0.231. The molecule has 3 N–H and O–H groups in total. The van der Waals surface area contributed by atoms with Crippen molar-refractivity contribution in [3.8, 4) is 12.1 Å². The number of nitrogens with zero attached hydrogens (tertiary/aromatic N) is 5. The quantitative estimate of drug-likeness (QED) is 0.825. The molecule has 0 aliphatic carbocycles. The molecule has 0 amide bonds. The van der Waals surface area contributed by atoms with Gasteiger partial charge in [-0.25, -0.2) is 4.98 Å². The number of nitriles is 1. The van der Waals surface area contributed by atoms with E-state index in [9.17, 15) is 0 Å². The topological polar surface area (TPSA) is 117 Å². The maximum Gasteiger partial charge on any atom is 0.318 e. The Hall–Kier alpha value is -2.53. The standard InChI is InChI=1S/C13H16ClN7O/c1-21(12-9(14)7-17-13(18-12)22-2)5-3-4-10-8(6-15)11(16)20-19-10/h7H,3-5H2,1-2H3,(H3,16,19,20). The Morgan fingerprint density at radius 1 is 1.55 bits per heavy atom. The third-order valence-corrected chi connectivity index (χ3v) is 3.42. The number of nitrogens with two attached hydrogens (primary N) is 1. The molecular formula is C13H16ClN7O. The van der Waals surface area contributed by atoms with Crippen LogP contribution in [0.25, 0.3) is 0 Å². The van der Waals surface area contributed by atoms with Crippen LogP contribution in [-0.4, -0.2) is 40.9 Å². The maximum absolute atomic E-state index is 9.02. The van der Waals surface area contributed by atoms with E-state index in [4.69, 9.17) is 27.3 Å². The van der Waals surface area contributed by atoms with Crippen LogP contribution >= 0.6 is 11.6 Å². The highest BCUT2D eigenvalue weighted by Crippen LogP contribution is 2.23. The lowest BCUT2D eigenvalue weighted by Crippen LogP contribution is -2.21. The average molecular weight is 322 g/mol. The molecule has 116 valence electrons. The molecule has 8 nitrogen and oxygen atoms in total. The maximum atomic E-state index is 9.02. The van der Waals surface area contributed by atoms with Gasteiger partial charge in [-0.3, -0.25) is 5.10 Å². The number of hydrogen-bond acceptors (Lipinski definition) is 7. The van der Waals surface area contributed by atoms with Crippen molar-refractivity contribution in [3.63, 3.8) is 0 Å². The fraction of sp³-hybridized carbons (Fsp3) is 0.385. The molecule has 0 radical (unpaired) electrons. The van der Waals surface area contributed by atoms with E-state index in [2.05, 4.69) is 20.2 Å². The number of nitrogen functional groups attached to an aromatic ring is 1. The zero-order valence-electron chi connectivity index (χ0n) is 12.3. The van der Waals surface area contributed by atoms with E-state index < -0.39 is 0 Å². The van der Waals surface area contributed by atoms with Gasteiger partial charge in [0.2, 0.25) is 0 Å². The highest BCUT2D eigenvalue weighted by molar-refractivity contribution is 6.32.